The zero-order valence-corrected chi connectivity index (χ0v) is 11.2. The Morgan fingerprint density at radius 1 is 1.28 bits per heavy atom. The molecule has 5 nitrogen and oxygen atoms in total. The van der Waals surface area contributed by atoms with Gasteiger partial charge in [0, 0.05) is 19.9 Å². The number of primary amides is 1. The van der Waals surface area contributed by atoms with Crippen LogP contribution in [0.5, 0.6) is 0 Å². The molecule has 0 saturated heterocycles. The fourth-order valence-electron chi connectivity index (χ4n) is 1.74. The van der Waals surface area contributed by atoms with E-state index in [1.165, 1.54) is 14.2 Å². The number of nitrogens with one attached hydrogen (secondary N) is 1. The Balaban J connectivity index is 2.99. The molecule has 1 aromatic carbocycles. The van der Waals surface area contributed by atoms with Crippen LogP contribution in [0.1, 0.15) is 12.5 Å². The van der Waals surface area contributed by atoms with Crippen LogP contribution < -0.4 is 11.1 Å². The highest BCUT2D eigenvalue weighted by Gasteiger charge is 2.41. The highest BCUT2D eigenvalue weighted by Crippen LogP contribution is 2.21. The topological polar surface area (TPSA) is 73.6 Å². The molecule has 1 aromatic rings. The second-order valence-electron chi connectivity index (χ2n) is 4.36. The lowest BCUT2D eigenvalue weighted by Gasteiger charge is -2.34. The summed E-state index contributed by atoms with van der Waals surface area (Å²) < 4.78 is 10.3. The monoisotopic (exact) mass is 252 g/mol. The van der Waals surface area contributed by atoms with Gasteiger partial charge in [-0.2, -0.15) is 0 Å². The van der Waals surface area contributed by atoms with Crippen molar-refractivity contribution in [1.29, 1.82) is 0 Å². The molecular formula is C13H20N2O3. The first-order valence-corrected chi connectivity index (χ1v) is 5.64. The number of hydrogen-bond acceptors (Lipinski definition) is 4. The fourth-order valence-corrected chi connectivity index (χ4v) is 1.74. The summed E-state index contributed by atoms with van der Waals surface area (Å²) in [6.45, 7) is 3.64. The molecule has 1 atom stereocenters. The number of hydrogen-bond donors (Lipinski definition) is 2. The number of amides is 1. The molecule has 0 saturated carbocycles. The van der Waals surface area contributed by atoms with Crippen LogP contribution in [0, 0.1) is 6.92 Å². The van der Waals surface area contributed by atoms with Crippen molar-refractivity contribution in [3.8, 4) is 0 Å². The van der Waals surface area contributed by atoms with Crippen molar-refractivity contribution in [2.45, 2.75) is 25.7 Å². The summed E-state index contributed by atoms with van der Waals surface area (Å²) in [7, 11) is 2.93. The molecule has 100 valence electrons. The van der Waals surface area contributed by atoms with Crippen LogP contribution in [-0.4, -0.2) is 32.0 Å². The van der Waals surface area contributed by atoms with Crippen molar-refractivity contribution in [3.63, 3.8) is 0 Å². The molecule has 0 heterocycles. The molecule has 1 rings (SSSR count). The summed E-state index contributed by atoms with van der Waals surface area (Å²) in [4.78, 5) is 11.7. The molecule has 0 radical (unpaired) electrons. The van der Waals surface area contributed by atoms with E-state index in [1.54, 1.807) is 6.92 Å². The summed E-state index contributed by atoms with van der Waals surface area (Å²) in [5, 5.41) is 3.06. The number of carbonyl (C=O) groups excluding carboxylic acids is 1. The minimum atomic E-state index is -1.14. The van der Waals surface area contributed by atoms with Gasteiger partial charge in [0.1, 0.15) is 0 Å². The van der Waals surface area contributed by atoms with Crippen molar-refractivity contribution < 1.29 is 14.3 Å². The average molecular weight is 252 g/mol. The molecule has 0 fully saturated rings. The predicted octanol–water partition coefficient (Wildman–Crippen LogP) is 1.27. The third kappa shape index (κ3) is 3.00. The lowest BCUT2D eigenvalue weighted by atomic mass is 10.00. The first-order valence-electron chi connectivity index (χ1n) is 5.64. The van der Waals surface area contributed by atoms with Crippen LogP contribution in [0.3, 0.4) is 0 Å². The van der Waals surface area contributed by atoms with Gasteiger partial charge in [-0.05, 0) is 26.0 Å². The molecule has 18 heavy (non-hydrogen) atoms. The van der Waals surface area contributed by atoms with Gasteiger partial charge in [0.15, 0.2) is 11.8 Å². The molecule has 0 aromatic heterocycles. The third-order valence-electron chi connectivity index (χ3n) is 2.87. The first kappa shape index (κ1) is 14.5. The average Bonchev–Trinajstić information content (AvgIpc) is 2.33. The second kappa shape index (κ2) is 5.84. The number of ether oxygens (including phenoxy) is 2. The Morgan fingerprint density at radius 2 is 1.78 bits per heavy atom. The second-order valence-corrected chi connectivity index (χ2v) is 4.36. The Hall–Kier alpha value is -1.59. The number of nitrogens with two attached hydrogens (primary N) is 1. The third-order valence-corrected chi connectivity index (χ3v) is 2.87. The Bertz CT molecular complexity index is 401. The van der Waals surface area contributed by atoms with Crippen LogP contribution in [0.2, 0.25) is 0 Å². The molecule has 1 amide bonds. The highest BCUT2D eigenvalue weighted by molar-refractivity contribution is 5.88. The molecule has 0 aliphatic carbocycles. The van der Waals surface area contributed by atoms with Gasteiger partial charge in [-0.25, -0.2) is 0 Å². The molecule has 1 unspecified atom stereocenters. The highest BCUT2D eigenvalue weighted by atomic mass is 16.7. The van der Waals surface area contributed by atoms with Gasteiger partial charge in [0.05, 0.1) is 0 Å². The summed E-state index contributed by atoms with van der Waals surface area (Å²) in [6, 6.07) is 7.63. The van der Waals surface area contributed by atoms with Crippen molar-refractivity contribution >= 4 is 11.6 Å². The molecule has 0 bridgehead atoms. The largest absolute Gasteiger partial charge is 0.367 e. The lowest BCUT2D eigenvalue weighted by molar-refractivity contribution is -0.155. The standard InChI is InChI=1S/C13H20N2O3/c1-9-5-7-10(8-6-9)15-13(2,11(14)16)12(17-3)18-4/h5-8,12,15H,1-4H3,(H2,14,16). The fraction of sp³-hybridized carbons (Fsp3) is 0.462. The van der Waals surface area contributed by atoms with Gasteiger partial charge in [-0.15, -0.1) is 0 Å². The summed E-state index contributed by atoms with van der Waals surface area (Å²) in [5.41, 5.74) is 6.21. The van der Waals surface area contributed by atoms with Crippen LogP contribution in [0.4, 0.5) is 5.69 Å². The Kier molecular flexibility index (Phi) is 4.69. The quantitative estimate of drug-likeness (QED) is 0.748. The molecule has 3 N–H and O–H groups in total. The predicted molar refractivity (Wildman–Crippen MR) is 70.2 cm³/mol. The maximum absolute atomic E-state index is 11.7. The summed E-state index contributed by atoms with van der Waals surface area (Å²) in [6.07, 6.45) is -0.767. The number of benzene rings is 1. The maximum atomic E-state index is 11.7. The molecule has 5 heteroatoms. The van der Waals surface area contributed by atoms with E-state index in [4.69, 9.17) is 15.2 Å². The summed E-state index contributed by atoms with van der Waals surface area (Å²) >= 11 is 0. The maximum Gasteiger partial charge on any atom is 0.248 e. The van der Waals surface area contributed by atoms with E-state index < -0.39 is 17.7 Å². The van der Waals surface area contributed by atoms with Crippen molar-refractivity contribution in [1.82, 2.24) is 0 Å². The lowest BCUT2D eigenvalue weighted by Crippen LogP contribution is -2.57. The van der Waals surface area contributed by atoms with E-state index >= 15 is 0 Å². The number of rotatable bonds is 6. The van der Waals surface area contributed by atoms with Crippen LogP contribution in [0.25, 0.3) is 0 Å². The van der Waals surface area contributed by atoms with Gasteiger partial charge < -0.3 is 20.5 Å². The van der Waals surface area contributed by atoms with Crippen LogP contribution in [0.15, 0.2) is 24.3 Å². The molecule has 0 spiro atoms. The summed E-state index contributed by atoms with van der Waals surface area (Å²) in [5.74, 6) is -0.545. The number of aryl methyl sites for hydroxylation is 1. The van der Waals surface area contributed by atoms with Gasteiger partial charge in [0.2, 0.25) is 5.91 Å². The van der Waals surface area contributed by atoms with Crippen LogP contribution >= 0.6 is 0 Å². The van der Waals surface area contributed by atoms with Crippen molar-refractivity contribution in [2.24, 2.45) is 5.73 Å². The van der Waals surface area contributed by atoms with E-state index in [0.717, 1.165) is 11.3 Å². The zero-order chi connectivity index (χ0) is 13.8. The van der Waals surface area contributed by atoms with E-state index in [-0.39, 0.29) is 0 Å². The van der Waals surface area contributed by atoms with E-state index in [2.05, 4.69) is 5.32 Å². The Morgan fingerprint density at radius 3 is 2.17 bits per heavy atom. The van der Waals surface area contributed by atoms with E-state index in [9.17, 15) is 4.79 Å². The van der Waals surface area contributed by atoms with E-state index in [1.807, 2.05) is 31.2 Å². The smallest absolute Gasteiger partial charge is 0.248 e. The minimum absolute atomic E-state index is 0.545. The number of carbonyl (C=O) groups is 1. The minimum Gasteiger partial charge on any atom is -0.367 e. The zero-order valence-electron chi connectivity index (χ0n) is 11.2. The normalized spacial score (nSPS) is 14.3. The van der Waals surface area contributed by atoms with Crippen LogP contribution in [-0.2, 0) is 14.3 Å². The molecule has 0 aliphatic heterocycles. The van der Waals surface area contributed by atoms with Gasteiger partial charge in [0.25, 0.3) is 0 Å². The molecule has 0 aliphatic rings. The van der Waals surface area contributed by atoms with Gasteiger partial charge in [-0.1, -0.05) is 17.7 Å². The van der Waals surface area contributed by atoms with E-state index in [0.29, 0.717) is 0 Å². The molecular weight excluding hydrogens is 232 g/mol. The van der Waals surface area contributed by atoms with Gasteiger partial charge >= 0.3 is 0 Å². The van der Waals surface area contributed by atoms with Gasteiger partial charge in [-0.3, -0.25) is 4.79 Å². The SMILES string of the molecule is COC(OC)C(C)(Nc1ccc(C)cc1)C(N)=O. The van der Waals surface area contributed by atoms with Crippen molar-refractivity contribution in [3.05, 3.63) is 29.8 Å². The Labute approximate surface area is 107 Å². The number of anilines is 1. The first-order chi connectivity index (χ1) is 8.43. The number of methoxy groups -OCH3 is 2. The van der Waals surface area contributed by atoms with Crippen molar-refractivity contribution in [2.75, 3.05) is 19.5 Å².